The first-order valence-electron chi connectivity index (χ1n) is 5.60. The van der Waals surface area contributed by atoms with Gasteiger partial charge in [0.2, 0.25) is 5.91 Å². The van der Waals surface area contributed by atoms with Crippen LogP contribution in [0, 0.1) is 0 Å². The summed E-state index contributed by atoms with van der Waals surface area (Å²) < 4.78 is 9.71. The topological polar surface area (TPSA) is 76.7 Å². The summed E-state index contributed by atoms with van der Waals surface area (Å²) in [6, 6.07) is 4.84. The Morgan fingerprint density at radius 2 is 2.11 bits per heavy atom. The lowest BCUT2D eigenvalue weighted by Crippen LogP contribution is -2.33. The SMILES string of the molecule is CCOC(=O)NCC(=O)Nc1cc(Cl)ccc1OC. The predicted octanol–water partition coefficient (Wildman–Crippen LogP) is 2.03. The summed E-state index contributed by atoms with van der Waals surface area (Å²) in [4.78, 5) is 22.6. The molecule has 0 unspecified atom stereocenters. The predicted molar refractivity (Wildman–Crippen MR) is 71.7 cm³/mol. The highest BCUT2D eigenvalue weighted by Gasteiger charge is 2.09. The number of carbonyl (C=O) groups is 2. The summed E-state index contributed by atoms with van der Waals surface area (Å²) in [5.74, 6) is 0.0718. The highest BCUT2D eigenvalue weighted by Crippen LogP contribution is 2.27. The van der Waals surface area contributed by atoms with Gasteiger partial charge in [-0.3, -0.25) is 4.79 Å². The minimum absolute atomic E-state index is 0.200. The van der Waals surface area contributed by atoms with E-state index in [-0.39, 0.29) is 13.2 Å². The third kappa shape index (κ3) is 5.05. The second kappa shape index (κ2) is 7.48. The van der Waals surface area contributed by atoms with Gasteiger partial charge >= 0.3 is 6.09 Å². The number of methoxy groups -OCH3 is 1. The van der Waals surface area contributed by atoms with Crippen LogP contribution in [-0.2, 0) is 9.53 Å². The second-order valence-electron chi connectivity index (χ2n) is 3.47. The fourth-order valence-corrected chi connectivity index (χ4v) is 1.48. The average molecular weight is 287 g/mol. The van der Waals surface area contributed by atoms with Crippen LogP contribution < -0.4 is 15.4 Å². The van der Waals surface area contributed by atoms with Crippen molar-refractivity contribution in [2.24, 2.45) is 0 Å². The summed E-state index contributed by atoms with van der Waals surface area (Å²) in [6.45, 7) is 1.72. The Labute approximate surface area is 116 Å². The van der Waals surface area contributed by atoms with Gasteiger partial charge in [-0.05, 0) is 25.1 Å². The van der Waals surface area contributed by atoms with Gasteiger partial charge in [-0.15, -0.1) is 0 Å². The number of hydrogen-bond acceptors (Lipinski definition) is 4. The molecule has 0 heterocycles. The maximum Gasteiger partial charge on any atom is 0.407 e. The van der Waals surface area contributed by atoms with Crippen LogP contribution in [0.25, 0.3) is 0 Å². The molecule has 7 heteroatoms. The molecule has 1 aromatic carbocycles. The third-order valence-corrected chi connectivity index (χ3v) is 2.34. The molecule has 0 radical (unpaired) electrons. The molecule has 0 aromatic heterocycles. The molecular weight excluding hydrogens is 272 g/mol. The monoisotopic (exact) mass is 286 g/mol. The first-order chi connectivity index (χ1) is 9.06. The van der Waals surface area contributed by atoms with Crippen molar-refractivity contribution in [3.63, 3.8) is 0 Å². The highest BCUT2D eigenvalue weighted by atomic mass is 35.5. The van der Waals surface area contributed by atoms with Crippen molar-refractivity contribution in [2.45, 2.75) is 6.92 Å². The van der Waals surface area contributed by atoms with E-state index in [1.807, 2.05) is 0 Å². The van der Waals surface area contributed by atoms with Crippen molar-refractivity contribution >= 4 is 29.3 Å². The lowest BCUT2D eigenvalue weighted by Gasteiger charge is -2.11. The van der Waals surface area contributed by atoms with E-state index in [4.69, 9.17) is 16.3 Å². The van der Waals surface area contributed by atoms with Crippen molar-refractivity contribution < 1.29 is 19.1 Å². The Morgan fingerprint density at radius 1 is 1.37 bits per heavy atom. The molecule has 0 spiro atoms. The van der Waals surface area contributed by atoms with E-state index in [2.05, 4.69) is 15.4 Å². The van der Waals surface area contributed by atoms with Gasteiger partial charge in [0.25, 0.3) is 0 Å². The van der Waals surface area contributed by atoms with Crippen LogP contribution in [0.4, 0.5) is 10.5 Å². The summed E-state index contributed by atoms with van der Waals surface area (Å²) in [5.41, 5.74) is 0.436. The van der Waals surface area contributed by atoms with E-state index in [0.717, 1.165) is 0 Å². The number of halogens is 1. The molecule has 2 amide bonds. The molecule has 0 aliphatic rings. The molecule has 2 N–H and O–H groups in total. The molecule has 0 aliphatic carbocycles. The number of hydrogen-bond donors (Lipinski definition) is 2. The third-order valence-electron chi connectivity index (χ3n) is 2.10. The van der Waals surface area contributed by atoms with E-state index >= 15 is 0 Å². The van der Waals surface area contributed by atoms with Gasteiger partial charge < -0.3 is 20.1 Å². The number of carbonyl (C=O) groups excluding carboxylic acids is 2. The lowest BCUT2D eigenvalue weighted by molar-refractivity contribution is -0.115. The van der Waals surface area contributed by atoms with Crippen molar-refractivity contribution in [3.05, 3.63) is 23.2 Å². The molecule has 0 saturated heterocycles. The first-order valence-corrected chi connectivity index (χ1v) is 5.98. The molecular formula is C12H15ClN2O4. The van der Waals surface area contributed by atoms with Gasteiger partial charge in [0, 0.05) is 5.02 Å². The quantitative estimate of drug-likeness (QED) is 0.868. The van der Waals surface area contributed by atoms with Crippen LogP contribution in [0.1, 0.15) is 6.92 Å². The van der Waals surface area contributed by atoms with Crippen LogP contribution in [0.15, 0.2) is 18.2 Å². The van der Waals surface area contributed by atoms with Crippen molar-refractivity contribution in [3.8, 4) is 5.75 Å². The van der Waals surface area contributed by atoms with Gasteiger partial charge in [-0.2, -0.15) is 0 Å². The zero-order valence-corrected chi connectivity index (χ0v) is 11.4. The fraction of sp³-hybridized carbons (Fsp3) is 0.333. The molecule has 0 aliphatic heterocycles. The zero-order valence-electron chi connectivity index (χ0n) is 10.7. The first kappa shape index (κ1) is 15.1. The van der Waals surface area contributed by atoms with Crippen LogP contribution in [-0.4, -0.2) is 32.3 Å². The zero-order chi connectivity index (χ0) is 14.3. The number of ether oxygens (including phenoxy) is 2. The Kier molecular flexibility index (Phi) is 5.95. The summed E-state index contributed by atoms with van der Waals surface area (Å²) in [6.07, 6.45) is -0.643. The van der Waals surface area contributed by atoms with Crippen LogP contribution in [0.5, 0.6) is 5.75 Å². The minimum Gasteiger partial charge on any atom is -0.495 e. The van der Waals surface area contributed by atoms with E-state index in [1.165, 1.54) is 7.11 Å². The molecule has 1 aromatic rings. The van der Waals surface area contributed by atoms with Gasteiger partial charge in [0.05, 0.1) is 19.4 Å². The molecule has 0 saturated carbocycles. The van der Waals surface area contributed by atoms with Crippen LogP contribution in [0.2, 0.25) is 5.02 Å². The standard InChI is InChI=1S/C12H15ClN2O4/c1-3-19-12(17)14-7-11(16)15-9-6-8(13)4-5-10(9)18-2/h4-6H,3,7H2,1-2H3,(H,14,17)(H,15,16). The van der Waals surface area contributed by atoms with Crippen LogP contribution >= 0.6 is 11.6 Å². The van der Waals surface area contributed by atoms with Crippen LogP contribution in [0.3, 0.4) is 0 Å². The van der Waals surface area contributed by atoms with Gasteiger partial charge in [0.15, 0.2) is 0 Å². The Balaban J connectivity index is 2.57. The van der Waals surface area contributed by atoms with Gasteiger partial charge in [-0.25, -0.2) is 4.79 Å². The molecule has 19 heavy (non-hydrogen) atoms. The summed E-state index contributed by atoms with van der Waals surface area (Å²) in [7, 11) is 1.48. The largest absolute Gasteiger partial charge is 0.495 e. The normalized spacial score (nSPS) is 9.63. The average Bonchev–Trinajstić information content (AvgIpc) is 2.37. The molecule has 104 valence electrons. The Morgan fingerprint density at radius 3 is 2.74 bits per heavy atom. The number of amides is 2. The maximum absolute atomic E-state index is 11.6. The van der Waals surface area contributed by atoms with Gasteiger partial charge in [0.1, 0.15) is 12.3 Å². The maximum atomic E-state index is 11.6. The number of alkyl carbamates (subject to hydrolysis) is 1. The summed E-state index contributed by atoms with van der Waals surface area (Å²) in [5, 5.41) is 5.36. The van der Waals surface area contributed by atoms with E-state index < -0.39 is 12.0 Å². The molecule has 0 bridgehead atoms. The van der Waals surface area contributed by atoms with Crippen molar-refractivity contribution in [1.29, 1.82) is 0 Å². The molecule has 0 fully saturated rings. The number of anilines is 1. The minimum atomic E-state index is -0.643. The van der Waals surface area contributed by atoms with E-state index in [1.54, 1.807) is 25.1 Å². The molecule has 1 rings (SSSR count). The number of benzene rings is 1. The van der Waals surface area contributed by atoms with Crippen molar-refractivity contribution in [1.82, 2.24) is 5.32 Å². The Hall–Kier alpha value is -1.95. The van der Waals surface area contributed by atoms with Crippen molar-refractivity contribution in [2.75, 3.05) is 25.6 Å². The lowest BCUT2D eigenvalue weighted by atomic mass is 10.3. The van der Waals surface area contributed by atoms with Gasteiger partial charge in [-0.1, -0.05) is 11.6 Å². The summed E-state index contributed by atoms with van der Waals surface area (Å²) >= 11 is 5.83. The fourth-order valence-electron chi connectivity index (χ4n) is 1.31. The second-order valence-corrected chi connectivity index (χ2v) is 3.90. The van der Waals surface area contributed by atoms with E-state index in [9.17, 15) is 9.59 Å². The smallest absolute Gasteiger partial charge is 0.407 e. The van der Waals surface area contributed by atoms with E-state index in [0.29, 0.717) is 16.5 Å². The molecule has 6 nitrogen and oxygen atoms in total. The highest BCUT2D eigenvalue weighted by molar-refractivity contribution is 6.31. The Bertz CT molecular complexity index is 465. The number of rotatable bonds is 5. The molecule has 0 atom stereocenters. The number of nitrogens with one attached hydrogen (secondary N) is 2.